The molecule has 2 nitrogen and oxygen atoms in total. The number of hydroxylamine groups is 1. The molecule has 0 heterocycles. The van der Waals surface area contributed by atoms with Crippen LogP contribution in [0.1, 0.15) is 53.9 Å². The van der Waals surface area contributed by atoms with Gasteiger partial charge in [0.25, 0.3) is 0 Å². The molecule has 2 heteroatoms. The molecule has 14 heavy (non-hydrogen) atoms. The highest BCUT2D eigenvalue weighted by molar-refractivity contribution is 5.74. The molecule has 0 radical (unpaired) electrons. The highest BCUT2D eigenvalue weighted by Crippen LogP contribution is 2.07. The van der Waals surface area contributed by atoms with E-state index in [1.54, 1.807) is 6.21 Å². The van der Waals surface area contributed by atoms with Crippen LogP contribution in [0.4, 0.5) is 0 Å². The summed E-state index contributed by atoms with van der Waals surface area (Å²) in [6.07, 6.45) is 6.98. The minimum absolute atomic E-state index is 0.333. The van der Waals surface area contributed by atoms with Crippen molar-refractivity contribution in [1.29, 1.82) is 0 Å². The van der Waals surface area contributed by atoms with Crippen LogP contribution in [-0.2, 0) is 0 Å². The third-order valence-corrected chi connectivity index (χ3v) is 2.05. The molecule has 82 valence electrons. The van der Waals surface area contributed by atoms with Crippen LogP contribution < -0.4 is 0 Å². The highest BCUT2D eigenvalue weighted by atomic mass is 16.5. The predicted molar refractivity (Wildman–Crippen MR) is 62.7 cm³/mol. The summed E-state index contributed by atoms with van der Waals surface area (Å²) in [4.78, 5) is 0. The molecular formula is C12H23NO. The minimum Gasteiger partial charge on any atom is -0.623 e. The molecule has 0 N–H and O–H groups in total. The van der Waals surface area contributed by atoms with Crippen molar-refractivity contribution in [2.24, 2.45) is 0 Å². The first-order valence-electron chi connectivity index (χ1n) is 5.42. The van der Waals surface area contributed by atoms with Crippen molar-refractivity contribution < 1.29 is 4.74 Å². The van der Waals surface area contributed by atoms with Gasteiger partial charge in [0.1, 0.15) is 0 Å². The molecule has 0 aromatic carbocycles. The molecule has 0 spiro atoms. The summed E-state index contributed by atoms with van der Waals surface area (Å²) in [5.74, 6) is 0. The Morgan fingerprint density at radius 2 is 1.86 bits per heavy atom. The first kappa shape index (κ1) is 13.2. The molecule has 0 unspecified atom stereocenters. The van der Waals surface area contributed by atoms with Gasteiger partial charge in [0, 0.05) is 26.3 Å². The summed E-state index contributed by atoms with van der Waals surface area (Å²) >= 11 is 0. The summed E-state index contributed by atoms with van der Waals surface area (Å²) in [6.45, 7) is 9.98. The Morgan fingerprint density at radius 3 is 2.21 bits per heavy atom. The number of nitrogens with zero attached hydrogens (tertiary/aromatic N) is 1. The summed E-state index contributed by atoms with van der Waals surface area (Å²) < 4.78 is 1.04. The maximum atomic E-state index is 11.6. The number of hydrogen-bond donors (Lipinski definition) is 0. The van der Waals surface area contributed by atoms with Crippen LogP contribution in [0.3, 0.4) is 0 Å². The van der Waals surface area contributed by atoms with Gasteiger partial charge in [-0.1, -0.05) is 26.3 Å². The quantitative estimate of drug-likeness (QED) is 0.293. The van der Waals surface area contributed by atoms with Crippen molar-refractivity contribution in [3.8, 4) is 0 Å². The van der Waals surface area contributed by atoms with E-state index in [9.17, 15) is 5.21 Å². The Bertz CT molecular complexity index is 221. The zero-order valence-corrected chi connectivity index (χ0v) is 10.1. The van der Waals surface area contributed by atoms with Crippen molar-refractivity contribution >= 4 is 6.21 Å². The van der Waals surface area contributed by atoms with E-state index >= 15 is 0 Å². The van der Waals surface area contributed by atoms with Gasteiger partial charge in [-0.15, -0.1) is 0 Å². The molecule has 0 bridgehead atoms. The number of unbranched alkanes of at least 4 members (excludes halogenated alkanes) is 1. The topological polar surface area (TPSA) is 26.1 Å². The zero-order valence-electron chi connectivity index (χ0n) is 10.1. The van der Waals surface area contributed by atoms with E-state index in [4.69, 9.17) is 0 Å². The summed E-state index contributed by atoms with van der Waals surface area (Å²) in [7, 11) is 0. The molecule has 0 aliphatic carbocycles. The second-order valence-electron chi connectivity index (χ2n) is 4.55. The van der Waals surface area contributed by atoms with Crippen LogP contribution in [0, 0.1) is 5.21 Å². The Kier molecular flexibility index (Phi) is 5.51. The zero-order chi connectivity index (χ0) is 11.2. The third-order valence-electron chi connectivity index (χ3n) is 2.05. The van der Waals surface area contributed by atoms with Gasteiger partial charge in [0.15, 0.2) is 11.8 Å². The summed E-state index contributed by atoms with van der Waals surface area (Å²) in [6, 6.07) is 0. The molecular weight excluding hydrogens is 174 g/mol. The average Bonchev–Trinajstić information content (AvgIpc) is 2.10. The highest BCUT2D eigenvalue weighted by Gasteiger charge is 2.17. The van der Waals surface area contributed by atoms with Gasteiger partial charge in [0.05, 0.1) is 0 Å². The monoisotopic (exact) mass is 197 g/mol. The first-order chi connectivity index (χ1) is 6.41. The molecule has 0 aliphatic heterocycles. The normalized spacial score (nSPS) is 14.6. The van der Waals surface area contributed by atoms with Gasteiger partial charge in [-0.25, -0.2) is 4.74 Å². The Balaban J connectivity index is 4.58. The van der Waals surface area contributed by atoms with Crippen LogP contribution in [-0.4, -0.2) is 16.5 Å². The minimum atomic E-state index is -0.333. The second kappa shape index (κ2) is 5.84. The summed E-state index contributed by atoms with van der Waals surface area (Å²) in [5.41, 5.74) is 0.803. The van der Waals surface area contributed by atoms with Crippen LogP contribution in [0.25, 0.3) is 0 Å². The largest absolute Gasteiger partial charge is 0.623 e. The van der Waals surface area contributed by atoms with Crippen molar-refractivity contribution in [2.45, 2.75) is 59.4 Å². The summed E-state index contributed by atoms with van der Waals surface area (Å²) in [5, 5.41) is 11.6. The van der Waals surface area contributed by atoms with Crippen molar-refractivity contribution in [3.63, 3.8) is 0 Å². The van der Waals surface area contributed by atoms with Crippen LogP contribution in [0.15, 0.2) is 11.6 Å². The lowest BCUT2D eigenvalue weighted by atomic mass is 10.1. The third kappa shape index (κ3) is 5.05. The molecule has 0 amide bonds. The van der Waals surface area contributed by atoms with Gasteiger partial charge < -0.3 is 5.21 Å². The lowest BCUT2D eigenvalue weighted by molar-refractivity contribution is -0.530. The molecule has 0 fully saturated rings. The first-order valence-corrected chi connectivity index (χ1v) is 5.42. The molecule has 0 aromatic heterocycles. The number of allylic oxidation sites excluding steroid dienone is 2. The SMILES string of the molecule is CCC/C=C(/C=[N+](\[O-])C(C)(C)C)CC. The fraction of sp³-hybridized carbons (Fsp3) is 0.750. The van der Waals surface area contributed by atoms with Crippen LogP contribution >= 0.6 is 0 Å². The standard InChI is InChI=1S/C12H23NO/c1-6-8-9-11(7-2)10-13(14)12(3,4)5/h9-10H,6-8H2,1-5H3/b11-9+,13-10-. The van der Waals surface area contributed by atoms with Gasteiger partial charge in [-0.3, -0.25) is 0 Å². The van der Waals surface area contributed by atoms with Crippen LogP contribution in [0.2, 0.25) is 0 Å². The van der Waals surface area contributed by atoms with Gasteiger partial charge in [-0.2, -0.15) is 0 Å². The molecule has 0 saturated carbocycles. The lowest BCUT2D eigenvalue weighted by Gasteiger charge is -2.19. The fourth-order valence-electron chi connectivity index (χ4n) is 0.962. The van der Waals surface area contributed by atoms with E-state index in [0.29, 0.717) is 0 Å². The van der Waals surface area contributed by atoms with E-state index in [1.165, 1.54) is 0 Å². The Labute approximate surface area is 87.9 Å². The molecule has 0 atom stereocenters. The maximum absolute atomic E-state index is 11.6. The van der Waals surface area contributed by atoms with Crippen molar-refractivity contribution in [2.75, 3.05) is 0 Å². The van der Waals surface area contributed by atoms with Gasteiger partial charge in [-0.05, 0) is 12.8 Å². The lowest BCUT2D eigenvalue weighted by Crippen LogP contribution is -2.29. The number of hydrogen-bond acceptors (Lipinski definition) is 1. The van der Waals surface area contributed by atoms with E-state index in [-0.39, 0.29) is 5.54 Å². The molecule has 0 rings (SSSR count). The Morgan fingerprint density at radius 1 is 1.29 bits per heavy atom. The van der Waals surface area contributed by atoms with E-state index in [0.717, 1.165) is 29.6 Å². The van der Waals surface area contributed by atoms with Crippen molar-refractivity contribution in [1.82, 2.24) is 0 Å². The average molecular weight is 197 g/mol. The molecule has 0 saturated heterocycles. The second-order valence-corrected chi connectivity index (χ2v) is 4.55. The van der Waals surface area contributed by atoms with Gasteiger partial charge in [0.2, 0.25) is 0 Å². The predicted octanol–water partition coefficient (Wildman–Crippen LogP) is 3.50. The molecule has 0 aliphatic rings. The van der Waals surface area contributed by atoms with E-state index in [1.807, 2.05) is 20.8 Å². The van der Waals surface area contributed by atoms with Crippen molar-refractivity contribution in [3.05, 3.63) is 16.9 Å². The van der Waals surface area contributed by atoms with E-state index < -0.39 is 0 Å². The van der Waals surface area contributed by atoms with Gasteiger partial charge >= 0.3 is 0 Å². The van der Waals surface area contributed by atoms with E-state index in [2.05, 4.69) is 19.9 Å². The van der Waals surface area contributed by atoms with Crippen LogP contribution in [0.5, 0.6) is 0 Å². The number of rotatable bonds is 4. The maximum Gasteiger partial charge on any atom is 0.177 e. The Hall–Kier alpha value is -0.790. The fourth-order valence-corrected chi connectivity index (χ4v) is 0.962. The molecule has 0 aromatic rings. The smallest absolute Gasteiger partial charge is 0.177 e.